The minimum absolute atomic E-state index is 0.0491. The van der Waals surface area contributed by atoms with Crippen molar-refractivity contribution in [2.75, 3.05) is 12.4 Å². The van der Waals surface area contributed by atoms with E-state index in [1.807, 2.05) is 43.3 Å². The van der Waals surface area contributed by atoms with Crippen LogP contribution in [-0.4, -0.2) is 27.3 Å². The number of nitrogens with zero attached hydrogens (tertiary/aromatic N) is 2. The first kappa shape index (κ1) is 18.6. The Morgan fingerprint density at radius 1 is 0.966 bits per heavy atom. The first-order valence-corrected chi connectivity index (χ1v) is 9.19. The number of nitrogens with one attached hydrogen (secondary N) is 1. The van der Waals surface area contributed by atoms with E-state index in [-0.39, 0.29) is 11.5 Å². The summed E-state index contributed by atoms with van der Waals surface area (Å²) in [5.74, 6) is 1.17. The number of benzene rings is 2. The number of phenols is 2. The summed E-state index contributed by atoms with van der Waals surface area (Å²) >= 11 is 0. The molecule has 0 saturated heterocycles. The van der Waals surface area contributed by atoms with E-state index in [1.54, 1.807) is 30.6 Å². The first-order valence-electron chi connectivity index (χ1n) is 9.19. The second-order valence-corrected chi connectivity index (χ2v) is 6.81. The monoisotopic (exact) mass is 387 g/mol. The van der Waals surface area contributed by atoms with Crippen molar-refractivity contribution in [3.63, 3.8) is 0 Å². The van der Waals surface area contributed by atoms with Crippen LogP contribution in [0.25, 0.3) is 10.9 Å². The van der Waals surface area contributed by atoms with Gasteiger partial charge in [-0.15, -0.1) is 0 Å². The number of hydrogen-bond donors (Lipinski definition) is 3. The Balaban J connectivity index is 1.87. The maximum absolute atomic E-state index is 11.0. The molecular formula is C23H21N3O3. The highest BCUT2D eigenvalue weighted by molar-refractivity contribution is 5.86. The zero-order chi connectivity index (χ0) is 20.4. The van der Waals surface area contributed by atoms with E-state index in [4.69, 9.17) is 4.74 Å². The van der Waals surface area contributed by atoms with Gasteiger partial charge in [0.15, 0.2) is 11.5 Å². The van der Waals surface area contributed by atoms with Gasteiger partial charge in [0.1, 0.15) is 17.1 Å². The fourth-order valence-corrected chi connectivity index (χ4v) is 3.36. The van der Waals surface area contributed by atoms with Crippen molar-refractivity contribution >= 4 is 16.7 Å². The zero-order valence-corrected chi connectivity index (χ0v) is 16.1. The molecule has 29 heavy (non-hydrogen) atoms. The van der Waals surface area contributed by atoms with Gasteiger partial charge in [0.25, 0.3) is 0 Å². The summed E-state index contributed by atoms with van der Waals surface area (Å²) < 4.78 is 5.27. The molecule has 3 N–H and O–H groups in total. The molecule has 1 unspecified atom stereocenters. The quantitative estimate of drug-likeness (QED) is 0.465. The van der Waals surface area contributed by atoms with Gasteiger partial charge >= 0.3 is 0 Å². The largest absolute Gasteiger partial charge is 0.505 e. The van der Waals surface area contributed by atoms with Crippen molar-refractivity contribution in [2.45, 2.75) is 13.0 Å². The fourth-order valence-electron chi connectivity index (χ4n) is 3.36. The van der Waals surface area contributed by atoms with E-state index in [2.05, 4.69) is 15.3 Å². The molecule has 0 radical (unpaired) electrons. The zero-order valence-electron chi connectivity index (χ0n) is 16.1. The van der Waals surface area contributed by atoms with E-state index < -0.39 is 6.04 Å². The van der Waals surface area contributed by atoms with Crippen LogP contribution < -0.4 is 10.1 Å². The molecule has 0 saturated carbocycles. The number of anilines is 1. The van der Waals surface area contributed by atoms with Gasteiger partial charge in [-0.1, -0.05) is 24.3 Å². The Bertz CT molecular complexity index is 1180. The van der Waals surface area contributed by atoms with Crippen LogP contribution in [0.3, 0.4) is 0 Å². The number of aromatic nitrogens is 2. The van der Waals surface area contributed by atoms with Crippen LogP contribution >= 0.6 is 0 Å². The molecule has 146 valence electrons. The van der Waals surface area contributed by atoms with Crippen molar-refractivity contribution in [3.05, 3.63) is 83.7 Å². The lowest BCUT2D eigenvalue weighted by molar-refractivity contribution is 0.373. The molecule has 0 amide bonds. The summed E-state index contributed by atoms with van der Waals surface area (Å²) in [6.45, 7) is 1.99. The molecule has 0 aliphatic rings. The van der Waals surface area contributed by atoms with Gasteiger partial charge in [0, 0.05) is 23.3 Å². The van der Waals surface area contributed by atoms with Gasteiger partial charge in [0.2, 0.25) is 0 Å². The summed E-state index contributed by atoms with van der Waals surface area (Å²) in [6.07, 6.45) is 3.38. The third-order valence-electron chi connectivity index (χ3n) is 4.83. The summed E-state index contributed by atoms with van der Waals surface area (Å²) in [7, 11) is 1.50. The summed E-state index contributed by atoms with van der Waals surface area (Å²) in [5.41, 5.74) is 3.04. The Kier molecular flexibility index (Phi) is 4.91. The third-order valence-corrected chi connectivity index (χ3v) is 4.83. The van der Waals surface area contributed by atoms with Crippen molar-refractivity contribution in [3.8, 4) is 17.2 Å². The highest BCUT2D eigenvalue weighted by atomic mass is 16.5. The number of aryl methyl sites for hydroxylation is 1. The minimum atomic E-state index is -0.440. The number of aromatic hydroxyl groups is 2. The molecule has 4 rings (SSSR count). The van der Waals surface area contributed by atoms with E-state index in [0.717, 1.165) is 16.5 Å². The molecule has 6 heteroatoms. The van der Waals surface area contributed by atoms with Gasteiger partial charge in [-0.05, 0) is 48.4 Å². The lowest BCUT2D eigenvalue weighted by atomic mass is 9.95. The minimum Gasteiger partial charge on any atom is -0.505 e. The van der Waals surface area contributed by atoms with Gasteiger partial charge in [0.05, 0.1) is 13.2 Å². The smallest absolute Gasteiger partial charge is 0.160 e. The molecule has 6 nitrogen and oxygen atoms in total. The standard InChI is InChI=1S/C23H21N3O3/c1-14-9-11-24-20(12-14)26-21(16-6-8-18(27)19(13-16)29-2)17-7-5-15-4-3-10-25-22(15)23(17)28/h3-13,21,27-28H,1-2H3,(H,24,26). The van der Waals surface area contributed by atoms with Crippen molar-refractivity contribution in [2.24, 2.45) is 0 Å². The summed E-state index contributed by atoms with van der Waals surface area (Å²) in [4.78, 5) is 8.72. The molecule has 0 fully saturated rings. The molecule has 2 heterocycles. The van der Waals surface area contributed by atoms with Crippen LogP contribution in [0.1, 0.15) is 22.7 Å². The predicted octanol–water partition coefficient (Wildman–Crippen LogP) is 4.56. The molecule has 0 spiro atoms. The molecule has 0 bridgehead atoms. The molecule has 1 atom stereocenters. The fraction of sp³-hybridized carbons (Fsp3) is 0.130. The average molecular weight is 387 g/mol. The van der Waals surface area contributed by atoms with E-state index >= 15 is 0 Å². The topological polar surface area (TPSA) is 87.5 Å². The first-order chi connectivity index (χ1) is 14.1. The second-order valence-electron chi connectivity index (χ2n) is 6.81. The molecule has 4 aromatic rings. The van der Waals surface area contributed by atoms with E-state index in [0.29, 0.717) is 22.6 Å². The SMILES string of the molecule is COc1cc(C(Nc2cc(C)ccn2)c2ccc3cccnc3c2O)ccc1O. The van der Waals surface area contributed by atoms with Crippen LogP contribution in [0.4, 0.5) is 5.82 Å². The normalized spacial score (nSPS) is 11.9. The van der Waals surface area contributed by atoms with Crippen LogP contribution in [0.5, 0.6) is 17.2 Å². The number of rotatable bonds is 5. The van der Waals surface area contributed by atoms with Crippen LogP contribution in [0.2, 0.25) is 0 Å². The summed E-state index contributed by atoms with van der Waals surface area (Å²) in [6, 6.07) is 16.0. The molecule has 2 aromatic carbocycles. The van der Waals surface area contributed by atoms with Crippen molar-refractivity contribution in [1.82, 2.24) is 9.97 Å². The van der Waals surface area contributed by atoms with Crippen LogP contribution in [0.15, 0.2) is 67.0 Å². The van der Waals surface area contributed by atoms with Crippen molar-refractivity contribution < 1.29 is 14.9 Å². The number of ether oxygens (including phenoxy) is 1. The number of methoxy groups -OCH3 is 1. The number of phenolic OH excluding ortho intramolecular Hbond substituents is 2. The third kappa shape index (κ3) is 3.65. The van der Waals surface area contributed by atoms with Gasteiger partial charge in [-0.25, -0.2) is 4.98 Å². The number of pyridine rings is 2. The maximum Gasteiger partial charge on any atom is 0.160 e. The van der Waals surface area contributed by atoms with Gasteiger partial charge in [-0.2, -0.15) is 0 Å². The van der Waals surface area contributed by atoms with E-state index in [9.17, 15) is 10.2 Å². The average Bonchev–Trinajstić information content (AvgIpc) is 2.73. The summed E-state index contributed by atoms with van der Waals surface area (Å²) in [5, 5.41) is 25.2. The molecule has 2 aromatic heterocycles. The maximum atomic E-state index is 11.0. The van der Waals surface area contributed by atoms with Crippen LogP contribution in [0, 0.1) is 6.92 Å². The van der Waals surface area contributed by atoms with Crippen molar-refractivity contribution in [1.29, 1.82) is 0 Å². The highest BCUT2D eigenvalue weighted by Gasteiger charge is 2.21. The molecular weight excluding hydrogens is 366 g/mol. The lowest BCUT2D eigenvalue weighted by Crippen LogP contribution is -2.14. The van der Waals surface area contributed by atoms with Gasteiger partial charge in [-0.3, -0.25) is 4.98 Å². The number of hydrogen-bond acceptors (Lipinski definition) is 6. The highest BCUT2D eigenvalue weighted by Crippen LogP contribution is 2.38. The second kappa shape index (κ2) is 7.67. The molecule has 0 aliphatic heterocycles. The molecule has 0 aliphatic carbocycles. The predicted molar refractivity (Wildman–Crippen MR) is 113 cm³/mol. The Hall–Kier alpha value is -3.80. The Morgan fingerprint density at radius 2 is 1.83 bits per heavy atom. The lowest BCUT2D eigenvalue weighted by Gasteiger charge is -2.23. The Labute approximate surface area is 168 Å². The van der Waals surface area contributed by atoms with E-state index in [1.165, 1.54) is 7.11 Å². The Morgan fingerprint density at radius 3 is 2.62 bits per heavy atom. The van der Waals surface area contributed by atoms with Crippen LogP contribution in [-0.2, 0) is 0 Å². The van der Waals surface area contributed by atoms with Gasteiger partial charge < -0.3 is 20.3 Å². The number of fused-ring (bicyclic) bond motifs is 1.